The zero-order chi connectivity index (χ0) is 12.1. The van der Waals surface area contributed by atoms with Gasteiger partial charge in [-0.25, -0.2) is 4.98 Å². The summed E-state index contributed by atoms with van der Waals surface area (Å²) < 4.78 is 12.0. The van der Waals surface area contributed by atoms with Gasteiger partial charge in [0.15, 0.2) is 0 Å². The molecule has 0 spiro atoms. The van der Waals surface area contributed by atoms with Crippen molar-refractivity contribution in [3.05, 3.63) is 29.6 Å². The van der Waals surface area contributed by atoms with Crippen LogP contribution in [0.3, 0.4) is 0 Å². The second-order valence-corrected chi connectivity index (χ2v) is 6.06. The molecular weight excluding hydrogens is 232 g/mol. The molecule has 1 aliphatic rings. The largest absolute Gasteiger partial charge is 0.259 e. The van der Waals surface area contributed by atoms with E-state index in [1.807, 2.05) is 12.1 Å². The fourth-order valence-electron chi connectivity index (χ4n) is 2.31. The molecule has 0 aromatic carbocycles. The molecule has 1 fully saturated rings. The average molecular weight is 248 g/mol. The van der Waals surface area contributed by atoms with Gasteiger partial charge in [-0.05, 0) is 36.5 Å². The van der Waals surface area contributed by atoms with Gasteiger partial charge in [-0.15, -0.1) is 0 Å². The van der Waals surface area contributed by atoms with Crippen LogP contribution in [-0.4, -0.2) is 14.9 Å². The Kier molecular flexibility index (Phi) is 4.27. The van der Waals surface area contributed by atoms with Crippen molar-refractivity contribution in [1.29, 1.82) is 5.26 Å². The van der Waals surface area contributed by atoms with E-state index in [0.29, 0.717) is 17.4 Å². The van der Waals surface area contributed by atoms with Gasteiger partial charge in [-0.2, -0.15) is 5.26 Å². The number of hydrogen-bond acceptors (Lipinski definition) is 3. The lowest BCUT2D eigenvalue weighted by atomic mass is 10.1. The van der Waals surface area contributed by atoms with E-state index in [4.69, 9.17) is 5.26 Å². The second kappa shape index (κ2) is 5.92. The van der Waals surface area contributed by atoms with Crippen LogP contribution in [0.4, 0.5) is 0 Å². The van der Waals surface area contributed by atoms with Crippen molar-refractivity contribution < 1.29 is 4.21 Å². The first-order valence-corrected chi connectivity index (χ1v) is 7.47. The quantitative estimate of drug-likeness (QED) is 0.822. The van der Waals surface area contributed by atoms with Gasteiger partial charge >= 0.3 is 0 Å². The molecule has 90 valence electrons. The zero-order valence-electron chi connectivity index (χ0n) is 9.76. The van der Waals surface area contributed by atoms with Crippen molar-refractivity contribution in [3.63, 3.8) is 0 Å². The molecule has 0 radical (unpaired) electrons. The maximum atomic E-state index is 12.0. The molecule has 0 N–H and O–H groups in total. The molecule has 4 heteroatoms. The van der Waals surface area contributed by atoms with Crippen LogP contribution in [0.5, 0.6) is 0 Å². The highest BCUT2D eigenvalue weighted by atomic mass is 32.2. The van der Waals surface area contributed by atoms with Crippen molar-refractivity contribution in [2.75, 3.05) is 5.75 Å². The summed E-state index contributed by atoms with van der Waals surface area (Å²) in [5, 5.41) is 8.74. The molecule has 1 atom stereocenters. The van der Waals surface area contributed by atoms with Crippen molar-refractivity contribution in [2.24, 2.45) is 5.92 Å². The van der Waals surface area contributed by atoms with Crippen LogP contribution in [0, 0.1) is 17.2 Å². The molecule has 0 bridgehead atoms. The highest BCUT2D eigenvalue weighted by Crippen LogP contribution is 2.25. The van der Waals surface area contributed by atoms with E-state index in [2.05, 4.69) is 4.98 Å². The number of hydrogen-bond donors (Lipinski definition) is 0. The van der Waals surface area contributed by atoms with Gasteiger partial charge < -0.3 is 0 Å². The third-order valence-corrected chi connectivity index (χ3v) is 4.66. The first kappa shape index (κ1) is 12.3. The molecule has 1 heterocycles. The lowest BCUT2D eigenvalue weighted by molar-refractivity contribution is 0.604. The van der Waals surface area contributed by atoms with E-state index in [1.165, 1.54) is 25.7 Å². The predicted octanol–water partition coefficient (Wildman–Crippen LogP) is 2.39. The van der Waals surface area contributed by atoms with Crippen LogP contribution in [-0.2, 0) is 16.6 Å². The molecule has 1 aliphatic carbocycles. The Balaban J connectivity index is 1.91. The second-order valence-electron chi connectivity index (χ2n) is 4.56. The monoisotopic (exact) mass is 248 g/mol. The van der Waals surface area contributed by atoms with Gasteiger partial charge in [0, 0.05) is 28.5 Å². The summed E-state index contributed by atoms with van der Waals surface area (Å²) >= 11 is 0. The summed E-state index contributed by atoms with van der Waals surface area (Å²) in [5.41, 5.74) is 1.35. The summed E-state index contributed by atoms with van der Waals surface area (Å²) in [4.78, 5) is 3.91. The van der Waals surface area contributed by atoms with Crippen LogP contribution in [0.2, 0.25) is 0 Å². The Morgan fingerprint density at radius 2 is 2.24 bits per heavy atom. The lowest BCUT2D eigenvalue weighted by Crippen LogP contribution is -2.09. The zero-order valence-corrected chi connectivity index (χ0v) is 10.6. The Morgan fingerprint density at radius 3 is 2.94 bits per heavy atom. The summed E-state index contributed by atoms with van der Waals surface area (Å²) in [7, 11) is -0.808. The van der Waals surface area contributed by atoms with Gasteiger partial charge in [0.2, 0.25) is 0 Å². The standard InChI is InChI=1S/C13H16N2OS/c14-8-13-7-12(5-6-15-13)10-17(16)9-11-3-1-2-4-11/h5-7,11H,1-4,9-10H2. The van der Waals surface area contributed by atoms with E-state index >= 15 is 0 Å². The lowest BCUT2D eigenvalue weighted by Gasteiger charge is -2.08. The Morgan fingerprint density at radius 1 is 1.47 bits per heavy atom. The van der Waals surface area contributed by atoms with E-state index in [0.717, 1.165) is 11.3 Å². The third kappa shape index (κ3) is 3.64. The number of nitrogens with zero attached hydrogens (tertiary/aromatic N) is 2. The molecule has 0 amide bonds. The van der Waals surface area contributed by atoms with Gasteiger partial charge in [0.1, 0.15) is 11.8 Å². The first-order valence-electron chi connectivity index (χ1n) is 5.98. The number of aromatic nitrogens is 1. The molecule has 0 aliphatic heterocycles. The van der Waals surface area contributed by atoms with Crippen molar-refractivity contribution >= 4 is 10.8 Å². The maximum Gasteiger partial charge on any atom is 0.140 e. The topological polar surface area (TPSA) is 53.8 Å². The Hall–Kier alpha value is -1.21. The highest BCUT2D eigenvalue weighted by molar-refractivity contribution is 7.84. The van der Waals surface area contributed by atoms with Gasteiger partial charge in [-0.3, -0.25) is 4.21 Å². The summed E-state index contributed by atoms with van der Waals surface area (Å²) in [6.07, 6.45) is 6.64. The van der Waals surface area contributed by atoms with E-state index in [1.54, 1.807) is 12.3 Å². The van der Waals surface area contributed by atoms with Gasteiger partial charge in [0.05, 0.1) is 0 Å². The smallest absolute Gasteiger partial charge is 0.140 e. The third-order valence-electron chi connectivity index (χ3n) is 3.16. The Bertz CT molecular complexity index is 447. The van der Waals surface area contributed by atoms with Crippen LogP contribution in [0.15, 0.2) is 18.3 Å². The highest BCUT2D eigenvalue weighted by Gasteiger charge is 2.17. The molecule has 17 heavy (non-hydrogen) atoms. The van der Waals surface area contributed by atoms with Crippen molar-refractivity contribution in [1.82, 2.24) is 4.98 Å². The number of pyridine rings is 1. The summed E-state index contributed by atoms with van der Waals surface area (Å²) in [6.45, 7) is 0. The Labute approximate surface area is 104 Å². The molecule has 1 aromatic rings. The SMILES string of the molecule is N#Cc1cc(CS(=O)CC2CCCC2)ccn1. The number of nitriles is 1. The minimum Gasteiger partial charge on any atom is -0.259 e. The molecule has 1 aromatic heterocycles. The minimum atomic E-state index is -0.808. The summed E-state index contributed by atoms with van der Waals surface area (Å²) in [5.74, 6) is 2.01. The van der Waals surface area contributed by atoms with Crippen LogP contribution in [0.1, 0.15) is 36.9 Å². The molecule has 3 nitrogen and oxygen atoms in total. The molecular formula is C13H16N2OS. The minimum absolute atomic E-state index is 0.403. The first-order chi connectivity index (χ1) is 8.28. The van der Waals surface area contributed by atoms with E-state index in [9.17, 15) is 4.21 Å². The fourth-order valence-corrected chi connectivity index (χ4v) is 3.84. The van der Waals surface area contributed by atoms with Crippen LogP contribution in [0.25, 0.3) is 0 Å². The molecule has 1 unspecified atom stereocenters. The molecule has 1 saturated carbocycles. The number of rotatable bonds is 4. The molecule has 0 saturated heterocycles. The predicted molar refractivity (Wildman–Crippen MR) is 67.6 cm³/mol. The fraction of sp³-hybridized carbons (Fsp3) is 0.538. The normalized spacial score (nSPS) is 17.8. The van der Waals surface area contributed by atoms with Crippen molar-refractivity contribution in [3.8, 4) is 6.07 Å². The van der Waals surface area contributed by atoms with Gasteiger partial charge in [0.25, 0.3) is 0 Å². The van der Waals surface area contributed by atoms with Gasteiger partial charge in [-0.1, -0.05) is 12.8 Å². The summed E-state index contributed by atoms with van der Waals surface area (Å²) in [6, 6.07) is 5.57. The van der Waals surface area contributed by atoms with Crippen LogP contribution >= 0.6 is 0 Å². The maximum absolute atomic E-state index is 12.0. The van der Waals surface area contributed by atoms with E-state index < -0.39 is 10.8 Å². The average Bonchev–Trinajstić information content (AvgIpc) is 2.82. The van der Waals surface area contributed by atoms with E-state index in [-0.39, 0.29) is 0 Å². The molecule has 2 rings (SSSR count). The van der Waals surface area contributed by atoms with Crippen LogP contribution < -0.4 is 0 Å². The van der Waals surface area contributed by atoms with Crippen molar-refractivity contribution in [2.45, 2.75) is 31.4 Å².